The van der Waals surface area contributed by atoms with Crippen molar-refractivity contribution in [2.24, 2.45) is 4.99 Å². The summed E-state index contributed by atoms with van der Waals surface area (Å²) in [6, 6.07) is 6.12. The Morgan fingerprint density at radius 3 is 2.56 bits per heavy atom. The third-order valence-electron chi connectivity index (χ3n) is 2.66. The largest absolute Gasteiger partial charge is 0.250 e. The first-order valence-electron chi connectivity index (χ1n) is 6.65. The number of rotatable bonds is 7. The maximum Gasteiger partial charge on any atom is 0.250 e. The Hall–Kier alpha value is -1.70. The third-order valence-corrected chi connectivity index (χ3v) is 2.66. The lowest BCUT2D eigenvalue weighted by Crippen LogP contribution is -2.37. The van der Waals surface area contributed by atoms with Gasteiger partial charge < -0.3 is 0 Å². The van der Waals surface area contributed by atoms with Gasteiger partial charge in [0.15, 0.2) is 12.4 Å². The van der Waals surface area contributed by atoms with E-state index in [1.165, 1.54) is 12.8 Å². The lowest BCUT2D eigenvalue weighted by molar-refractivity contribution is -0.722. The average Bonchev–Trinajstić information content (AvgIpc) is 2.43. The third kappa shape index (κ3) is 5.58. The topological polar surface area (TPSA) is 16.2 Å². The maximum absolute atomic E-state index is 4.62. The summed E-state index contributed by atoms with van der Waals surface area (Å²) in [6.45, 7) is 4.22. The number of nitrogens with zero attached hydrogens (tertiary/aromatic N) is 2. The molecule has 0 saturated carbocycles. The van der Waals surface area contributed by atoms with E-state index in [9.17, 15) is 0 Å². The van der Waals surface area contributed by atoms with Crippen LogP contribution in [0.2, 0.25) is 0 Å². The van der Waals surface area contributed by atoms with Gasteiger partial charge in [-0.15, -0.1) is 0 Å². The number of allylic oxidation sites excluding steroid dienone is 4. The first kappa shape index (κ1) is 14.4. The van der Waals surface area contributed by atoms with Gasteiger partial charge in [0.05, 0.1) is 0 Å². The van der Waals surface area contributed by atoms with Crippen LogP contribution in [0.5, 0.6) is 0 Å². The number of aromatic nitrogens is 1. The van der Waals surface area contributed by atoms with Crippen LogP contribution >= 0.6 is 0 Å². The molecule has 2 heteroatoms. The first-order valence-corrected chi connectivity index (χ1v) is 6.65. The van der Waals surface area contributed by atoms with Gasteiger partial charge in [-0.3, -0.25) is 0 Å². The molecule has 1 heterocycles. The average molecular weight is 243 g/mol. The van der Waals surface area contributed by atoms with Gasteiger partial charge in [0.25, 0.3) is 6.17 Å². The van der Waals surface area contributed by atoms with Crippen LogP contribution in [-0.4, -0.2) is 6.21 Å². The maximum atomic E-state index is 4.62. The first-order chi connectivity index (χ1) is 8.88. The monoisotopic (exact) mass is 243 g/mol. The van der Waals surface area contributed by atoms with Gasteiger partial charge in [0, 0.05) is 24.8 Å². The van der Waals surface area contributed by atoms with Crippen molar-refractivity contribution in [3.63, 3.8) is 0 Å². The van der Waals surface area contributed by atoms with E-state index in [0.29, 0.717) is 0 Å². The zero-order chi connectivity index (χ0) is 13.1. The van der Waals surface area contributed by atoms with Gasteiger partial charge in [-0.05, 0) is 19.4 Å². The van der Waals surface area contributed by atoms with Crippen molar-refractivity contribution in [2.45, 2.75) is 39.3 Å². The van der Waals surface area contributed by atoms with E-state index in [0.717, 1.165) is 6.42 Å². The summed E-state index contributed by atoms with van der Waals surface area (Å²) >= 11 is 0. The van der Waals surface area contributed by atoms with Crippen LogP contribution in [0.25, 0.3) is 0 Å². The van der Waals surface area contributed by atoms with Crippen molar-refractivity contribution in [1.29, 1.82) is 0 Å². The van der Waals surface area contributed by atoms with E-state index in [2.05, 4.69) is 28.9 Å². The minimum Gasteiger partial charge on any atom is -0.225 e. The molecule has 0 aliphatic heterocycles. The van der Waals surface area contributed by atoms with E-state index in [4.69, 9.17) is 0 Å². The fourth-order valence-corrected chi connectivity index (χ4v) is 1.67. The van der Waals surface area contributed by atoms with Gasteiger partial charge in [-0.1, -0.05) is 37.6 Å². The van der Waals surface area contributed by atoms with Crippen LogP contribution in [0.1, 0.15) is 39.3 Å². The molecule has 0 fully saturated rings. The van der Waals surface area contributed by atoms with E-state index in [-0.39, 0.29) is 6.17 Å². The van der Waals surface area contributed by atoms with E-state index < -0.39 is 0 Å². The Morgan fingerprint density at radius 1 is 1.11 bits per heavy atom. The van der Waals surface area contributed by atoms with Crippen molar-refractivity contribution in [1.82, 2.24) is 0 Å². The molecule has 2 nitrogen and oxygen atoms in total. The van der Waals surface area contributed by atoms with Crippen LogP contribution in [-0.2, 0) is 0 Å². The number of unbranched alkanes of at least 4 members (excludes halogenated alkanes) is 1. The predicted molar refractivity (Wildman–Crippen MR) is 77.6 cm³/mol. The molecule has 1 unspecified atom stereocenters. The smallest absolute Gasteiger partial charge is 0.225 e. The highest BCUT2D eigenvalue weighted by atomic mass is 15.1. The van der Waals surface area contributed by atoms with Crippen molar-refractivity contribution < 1.29 is 4.57 Å². The molecule has 0 N–H and O–H groups in total. The summed E-state index contributed by atoms with van der Waals surface area (Å²) < 4.78 is 2.16. The molecule has 0 aromatic carbocycles. The molecule has 0 aliphatic carbocycles. The predicted octanol–water partition coefficient (Wildman–Crippen LogP) is 3.87. The van der Waals surface area contributed by atoms with Crippen molar-refractivity contribution in [3.05, 3.63) is 54.9 Å². The number of hydrogen-bond acceptors (Lipinski definition) is 1. The molecule has 18 heavy (non-hydrogen) atoms. The zero-order valence-corrected chi connectivity index (χ0v) is 11.4. The Labute approximate surface area is 110 Å². The number of hydrogen-bond donors (Lipinski definition) is 0. The quantitative estimate of drug-likeness (QED) is 0.393. The fourth-order valence-electron chi connectivity index (χ4n) is 1.67. The van der Waals surface area contributed by atoms with E-state index >= 15 is 0 Å². The molecule has 1 rings (SSSR count). The minimum atomic E-state index is 0.210. The molecular formula is C16H23N2+. The SMILES string of the molecule is C\C=C/C=C\C=N\C(CCCC)[n+]1ccccc1. The van der Waals surface area contributed by atoms with Crippen LogP contribution in [0, 0.1) is 0 Å². The summed E-state index contributed by atoms with van der Waals surface area (Å²) in [5.74, 6) is 0. The molecule has 0 amide bonds. The van der Waals surface area contributed by atoms with Crippen molar-refractivity contribution in [2.75, 3.05) is 0 Å². The molecule has 0 radical (unpaired) electrons. The van der Waals surface area contributed by atoms with Gasteiger partial charge >= 0.3 is 0 Å². The Bertz CT molecular complexity index is 391. The van der Waals surface area contributed by atoms with Gasteiger partial charge in [-0.25, -0.2) is 4.99 Å². The normalized spacial score (nSPS) is 13.9. The molecule has 0 spiro atoms. The second-order valence-electron chi connectivity index (χ2n) is 4.15. The Kier molecular flexibility index (Phi) is 7.45. The molecular weight excluding hydrogens is 220 g/mol. The second-order valence-corrected chi connectivity index (χ2v) is 4.15. The molecule has 1 atom stereocenters. The zero-order valence-electron chi connectivity index (χ0n) is 11.4. The summed E-state index contributed by atoms with van der Waals surface area (Å²) in [6.07, 6.45) is 17.7. The highest BCUT2D eigenvalue weighted by molar-refractivity contribution is 5.71. The van der Waals surface area contributed by atoms with Gasteiger partial charge in [0.2, 0.25) is 0 Å². The van der Waals surface area contributed by atoms with Crippen LogP contribution in [0.4, 0.5) is 0 Å². The Balaban J connectivity index is 2.67. The molecule has 0 aliphatic rings. The molecule has 0 saturated heterocycles. The van der Waals surface area contributed by atoms with Gasteiger partial charge in [0.1, 0.15) is 0 Å². The highest BCUT2D eigenvalue weighted by Crippen LogP contribution is 2.09. The second kappa shape index (κ2) is 9.34. The van der Waals surface area contributed by atoms with E-state index in [1.807, 2.05) is 55.6 Å². The fraction of sp³-hybridized carbons (Fsp3) is 0.375. The standard InChI is InChI=1S/C16H23N2/c1-3-5-7-9-13-17-16(12-6-4-2)18-14-10-8-11-15-18/h3,5,7-11,13-16H,4,6,12H2,1-2H3/q+1/b5-3-,9-7-,17-13+. The van der Waals surface area contributed by atoms with Crippen LogP contribution < -0.4 is 4.57 Å². The summed E-state index contributed by atoms with van der Waals surface area (Å²) in [5.41, 5.74) is 0. The number of aliphatic imine (C=N–C) groups is 1. The summed E-state index contributed by atoms with van der Waals surface area (Å²) in [5, 5.41) is 0. The summed E-state index contributed by atoms with van der Waals surface area (Å²) in [4.78, 5) is 4.62. The summed E-state index contributed by atoms with van der Waals surface area (Å²) in [7, 11) is 0. The Morgan fingerprint density at radius 2 is 1.89 bits per heavy atom. The number of pyridine rings is 1. The van der Waals surface area contributed by atoms with Crippen LogP contribution in [0.15, 0.2) is 59.9 Å². The minimum absolute atomic E-state index is 0.210. The van der Waals surface area contributed by atoms with Crippen LogP contribution in [0.3, 0.4) is 0 Å². The molecule has 96 valence electrons. The lowest BCUT2D eigenvalue weighted by Gasteiger charge is -2.06. The van der Waals surface area contributed by atoms with Gasteiger partial charge in [-0.2, -0.15) is 4.57 Å². The lowest BCUT2D eigenvalue weighted by atomic mass is 10.2. The van der Waals surface area contributed by atoms with Crippen molar-refractivity contribution in [3.8, 4) is 0 Å². The van der Waals surface area contributed by atoms with E-state index in [1.54, 1.807) is 0 Å². The molecule has 1 aromatic rings. The highest BCUT2D eigenvalue weighted by Gasteiger charge is 2.13. The van der Waals surface area contributed by atoms with Crippen molar-refractivity contribution >= 4 is 6.21 Å². The molecule has 1 aromatic heterocycles. The molecule has 0 bridgehead atoms.